The number of benzene rings is 3. The number of aliphatic imine (C=N–C) groups is 1. The van der Waals surface area contributed by atoms with Gasteiger partial charge in [-0.2, -0.15) is 5.10 Å². The van der Waals surface area contributed by atoms with Gasteiger partial charge in [-0.25, -0.2) is 9.67 Å². The lowest BCUT2D eigenvalue weighted by Crippen LogP contribution is -2.37. The fraction of sp³-hybridized carbons (Fsp3) is 0.262. The molecular weight excluding hydrogens is 649 g/mol. The van der Waals surface area contributed by atoms with Crippen LogP contribution >= 0.6 is 0 Å². The van der Waals surface area contributed by atoms with Crippen molar-refractivity contribution >= 4 is 34.7 Å². The van der Waals surface area contributed by atoms with Crippen molar-refractivity contribution in [2.45, 2.75) is 66.0 Å². The number of carbonyl (C=O) groups is 2. The topological polar surface area (TPSA) is 104 Å². The number of amides is 2. The predicted molar refractivity (Wildman–Crippen MR) is 203 cm³/mol. The van der Waals surface area contributed by atoms with E-state index in [1.165, 1.54) is 11.1 Å². The first-order chi connectivity index (χ1) is 25.2. The lowest BCUT2D eigenvalue weighted by molar-refractivity contribution is 0.0729. The number of nitrogens with one attached hydrogen (secondary N) is 1. The Balaban J connectivity index is 1.06. The number of allylic oxidation sites excluding steroid dienone is 2. The van der Waals surface area contributed by atoms with Crippen molar-refractivity contribution in [3.63, 3.8) is 0 Å². The van der Waals surface area contributed by atoms with Crippen LogP contribution < -0.4 is 4.90 Å². The van der Waals surface area contributed by atoms with Crippen molar-refractivity contribution in [3.8, 4) is 11.4 Å². The van der Waals surface area contributed by atoms with Gasteiger partial charge >= 0.3 is 0 Å². The summed E-state index contributed by atoms with van der Waals surface area (Å²) < 4.78 is 3.82. The molecule has 52 heavy (non-hydrogen) atoms. The number of hydrogen-bond acceptors (Lipinski definition) is 5. The number of fused-ring (bicyclic) bond motifs is 3. The van der Waals surface area contributed by atoms with Gasteiger partial charge in [0, 0.05) is 70.9 Å². The average molecular weight is 689 g/mol. The maximum atomic E-state index is 14.3. The Hall–Kier alpha value is -6.03. The maximum absolute atomic E-state index is 14.3. The van der Waals surface area contributed by atoms with Crippen LogP contribution in [-0.4, -0.2) is 53.8 Å². The molecule has 0 spiro atoms. The molecule has 6 aromatic rings. The standard InChI is InChI=1S/C42H40N8O2/c1-5-36-27(4)33(10-12-44-36)28-7-9-37-30(19-28)20-39(45-37)42(52)47-14-11-38-35(23-47)40(50(46-38)32-17-25(2)16-26(3)18-32)49-22-29-6-8-31(21-34(29)41(49)51)48-15-13-43-24-48/h6-9,12-13,15-21,24,33,45H,5,10-11,14,22-23H2,1-4H3. The second-order valence-electron chi connectivity index (χ2n) is 14.3. The van der Waals surface area contributed by atoms with E-state index in [1.807, 2.05) is 55.7 Å². The van der Waals surface area contributed by atoms with E-state index in [9.17, 15) is 9.59 Å². The summed E-state index contributed by atoms with van der Waals surface area (Å²) in [5, 5.41) is 6.15. The molecule has 0 radical (unpaired) electrons. The molecule has 0 saturated carbocycles. The van der Waals surface area contributed by atoms with E-state index in [2.05, 4.69) is 79.1 Å². The molecule has 0 fully saturated rings. The van der Waals surface area contributed by atoms with E-state index in [1.54, 1.807) is 12.5 Å². The fourth-order valence-corrected chi connectivity index (χ4v) is 8.25. The summed E-state index contributed by atoms with van der Waals surface area (Å²) in [4.78, 5) is 44.5. The molecule has 1 unspecified atom stereocenters. The number of imidazole rings is 1. The van der Waals surface area contributed by atoms with E-state index < -0.39 is 0 Å². The highest BCUT2D eigenvalue weighted by Gasteiger charge is 2.37. The summed E-state index contributed by atoms with van der Waals surface area (Å²) in [7, 11) is 0. The summed E-state index contributed by atoms with van der Waals surface area (Å²) in [6.07, 6.45) is 9.73. The Kier molecular flexibility index (Phi) is 7.57. The highest BCUT2D eigenvalue weighted by atomic mass is 16.2. The minimum absolute atomic E-state index is 0.0661. The molecule has 0 aliphatic carbocycles. The summed E-state index contributed by atoms with van der Waals surface area (Å²) in [5.41, 5.74) is 12.6. The Morgan fingerprint density at radius 3 is 2.60 bits per heavy atom. The number of aromatic amines is 1. The van der Waals surface area contributed by atoms with Crippen LogP contribution in [0.1, 0.15) is 87.0 Å². The van der Waals surface area contributed by atoms with Crippen LogP contribution in [0.25, 0.3) is 22.3 Å². The molecule has 260 valence electrons. The predicted octanol–water partition coefficient (Wildman–Crippen LogP) is 7.76. The number of rotatable bonds is 6. The van der Waals surface area contributed by atoms with Gasteiger partial charge in [-0.05, 0) is 104 Å². The van der Waals surface area contributed by atoms with Crippen LogP contribution in [0.4, 0.5) is 5.82 Å². The third kappa shape index (κ3) is 5.28. The van der Waals surface area contributed by atoms with Crippen LogP contribution in [0.3, 0.4) is 0 Å². The zero-order chi connectivity index (χ0) is 35.7. The normalized spacial score (nSPS) is 17.0. The quantitative estimate of drug-likeness (QED) is 0.193. The van der Waals surface area contributed by atoms with Crippen molar-refractivity contribution in [1.29, 1.82) is 0 Å². The summed E-state index contributed by atoms with van der Waals surface area (Å²) in [6.45, 7) is 9.77. The first kappa shape index (κ1) is 31.9. The number of carbonyl (C=O) groups excluding carboxylic acids is 2. The van der Waals surface area contributed by atoms with Gasteiger partial charge in [0.15, 0.2) is 0 Å². The van der Waals surface area contributed by atoms with Gasteiger partial charge in [0.25, 0.3) is 11.8 Å². The van der Waals surface area contributed by atoms with Crippen LogP contribution in [0.15, 0.2) is 95.6 Å². The van der Waals surface area contributed by atoms with Gasteiger partial charge in [-0.15, -0.1) is 0 Å². The van der Waals surface area contributed by atoms with Crippen LogP contribution in [0, 0.1) is 13.8 Å². The fourth-order valence-electron chi connectivity index (χ4n) is 8.25. The van der Waals surface area contributed by atoms with E-state index in [-0.39, 0.29) is 17.7 Å². The second-order valence-corrected chi connectivity index (χ2v) is 14.3. The molecule has 3 aromatic carbocycles. The minimum Gasteiger partial charge on any atom is -0.351 e. The van der Waals surface area contributed by atoms with Crippen molar-refractivity contribution in [2.24, 2.45) is 4.99 Å². The minimum atomic E-state index is -0.0828. The van der Waals surface area contributed by atoms with Crippen molar-refractivity contribution in [1.82, 2.24) is 29.2 Å². The van der Waals surface area contributed by atoms with E-state index in [0.717, 1.165) is 74.6 Å². The molecule has 10 heteroatoms. The lowest BCUT2D eigenvalue weighted by atomic mass is 9.86. The first-order valence-electron chi connectivity index (χ1n) is 18.0. The molecule has 3 aliphatic heterocycles. The second kappa shape index (κ2) is 12.3. The molecule has 9 rings (SSSR count). The largest absolute Gasteiger partial charge is 0.351 e. The third-order valence-electron chi connectivity index (χ3n) is 10.9. The Labute approximate surface area is 302 Å². The van der Waals surface area contributed by atoms with E-state index in [4.69, 9.17) is 5.10 Å². The van der Waals surface area contributed by atoms with Crippen LogP contribution in [-0.2, 0) is 19.5 Å². The molecular formula is C42H40N8O2. The number of aromatic nitrogens is 5. The molecule has 6 heterocycles. The number of H-pyrrole nitrogens is 1. The smallest absolute Gasteiger partial charge is 0.270 e. The zero-order valence-corrected chi connectivity index (χ0v) is 29.8. The van der Waals surface area contributed by atoms with Gasteiger partial charge in [-0.3, -0.25) is 19.5 Å². The molecule has 1 N–H and O–H groups in total. The summed E-state index contributed by atoms with van der Waals surface area (Å²) >= 11 is 0. The Morgan fingerprint density at radius 2 is 1.81 bits per heavy atom. The monoisotopic (exact) mass is 688 g/mol. The highest BCUT2D eigenvalue weighted by molar-refractivity contribution is 6.10. The van der Waals surface area contributed by atoms with Gasteiger partial charge in [0.2, 0.25) is 0 Å². The number of nitrogens with zero attached hydrogens (tertiary/aromatic N) is 7. The zero-order valence-electron chi connectivity index (χ0n) is 29.8. The van der Waals surface area contributed by atoms with Crippen LogP contribution in [0.2, 0.25) is 0 Å². The molecule has 3 aromatic heterocycles. The van der Waals surface area contributed by atoms with Crippen molar-refractivity contribution < 1.29 is 9.59 Å². The number of anilines is 1. The molecule has 10 nitrogen and oxygen atoms in total. The number of hydrogen-bond donors (Lipinski definition) is 1. The van der Waals surface area contributed by atoms with Gasteiger partial charge in [-0.1, -0.05) is 25.1 Å². The lowest BCUT2D eigenvalue weighted by Gasteiger charge is -2.28. The van der Waals surface area contributed by atoms with Gasteiger partial charge < -0.3 is 14.5 Å². The van der Waals surface area contributed by atoms with E-state index >= 15 is 0 Å². The SMILES string of the molecule is CCC1=C(C)C(c2ccc3[nH]c(C(=O)N4CCc5nn(-c6cc(C)cc(C)c6)c(N6Cc7ccc(-n8ccnc8)cc7C6=O)c5C4)cc3c2)CC=N1. The van der Waals surface area contributed by atoms with Crippen molar-refractivity contribution in [3.05, 3.63) is 135 Å². The first-order valence-corrected chi connectivity index (χ1v) is 18.0. The van der Waals surface area contributed by atoms with Gasteiger partial charge in [0.05, 0.1) is 30.8 Å². The average Bonchev–Trinajstić information content (AvgIpc) is 3.96. The van der Waals surface area contributed by atoms with Gasteiger partial charge in [0.1, 0.15) is 11.5 Å². The molecule has 1 atom stereocenters. The number of aryl methyl sites for hydroxylation is 2. The Bertz CT molecular complexity index is 2460. The van der Waals surface area contributed by atoms with E-state index in [0.29, 0.717) is 37.3 Å². The Morgan fingerprint density at radius 1 is 0.962 bits per heavy atom. The molecule has 0 saturated heterocycles. The highest BCUT2D eigenvalue weighted by Crippen LogP contribution is 2.39. The molecule has 0 bridgehead atoms. The molecule has 2 amide bonds. The summed E-state index contributed by atoms with van der Waals surface area (Å²) in [5.74, 6) is 0.856. The third-order valence-corrected chi connectivity index (χ3v) is 10.9. The summed E-state index contributed by atoms with van der Waals surface area (Å²) in [6, 6.07) is 20.7. The van der Waals surface area contributed by atoms with Crippen molar-refractivity contribution in [2.75, 3.05) is 11.4 Å². The molecule has 3 aliphatic rings. The van der Waals surface area contributed by atoms with Crippen LogP contribution in [0.5, 0.6) is 0 Å². The maximum Gasteiger partial charge on any atom is 0.270 e.